The minimum atomic E-state index is -1.04. The summed E-state index contributed by atoms with van der Waals surface area (Å²) in [6.45, 7) is 3.52. The topological polar surface area (TPSA) is 72.8 Å². The van der Waals surface area contributed by atoms with Gasteiger partial charge in [-0.2, -0.15) is 0 Å². The SMILES string of the molecule is C=CCOc1ccccc1C(=O)/C=C/c1ccc(OCC(=O)O)cc1. The summed E-state index contributed by atoms with van der Waals surface area (Å²) in [5, 5.41) is 8.57. The van der Waals surface area contributed by atoms with Crippen molar-refractivity contribution in [1.82, 2.24) is 0 Å². The highest BCUT2D eigenvalue weighted by atomic mass is 16.5. The molecule has 0 spiro atoms. The fraction of sp³-hybridized carbons (Fsp3) is 0.100. The maximum Gasteiger partial charge on any atom is 0.341 e. The molecule has 0 atom stereocenters. The van der Waals surface area contributed by atoms with E-state index in [1.165, 1.54) is 6.08 Å². The van der Waals surface area contributed by atoms with E-state index in [0.29, 0.717) is 23.7 Å². The molecule has 0 fully saturated rings. The first kappa shape index (κ1) is 18.0. The molecule has 0 unspecified atom stereocenters. The molecule has 5 nitrogen and oxygen atoms in total. The van der Waals surface area contributed by atoms with Crippen LogP contribution in [0.5, 0.6) is 11.5 Å². The smallest absolute Gasteiger partial charge is 0.341 e. The van der Waals surface area contributed by atoms with Crippen molar-refractivity contribution in [1.29, 1.82) is 0 Å². The largest absolute Gasteiger partial charge is 0.489 e. The second-order valence-electron chi connectivity index (χ2n) is 5.04. The maximum absolute atomic E-state index is 12.4. The quantitative estimate of drug-likeness (QED) is 0.429. The van der Waals surface area contributed by atoms with Crippen molar-refractivity contribution < 1.29 is 24.2 Å². The molecule has 1 N–H and O–H groups in total. The fourth-order valence-corrected chi connectivity index (χ4v) is 2.03. The Balaban J connectivity index is 2.05. The summed E-state index contributed by atoms with van der Waals surface area (Å²) in [5.74, 6) is -0.249. The number of carboxylic acid groups (broad SMARTS) is 1. The summed E-state index contributed by atoms with van der Waals surface area (Å²) in [6.07, 6.45) is 4.75. The molecular formula is C20H18O5. The minimum Gasteiger partial charge on any atom is -0.489 e. The number of carbonyl (C=O) groups excluding carboxylic acids is 1. The standard InChI is InChI=1S/C20H18O5/c1-2-13-24-19-6-4-3-5-17(19)18(21)12-9-15-7-10-16(11-8-15)25-14-20(22)23/h2-12H,1,13-14H2,(H,22,23)/b12-9+. The monoisotopic (exact) mass is 338 g/mol. The second kappa shape index (κ2) is 9.08. The van der Waals surface area contributed by atoms with Crippen LogP contribution in [-0.2, 0) is 4.79 Å². The van der Waals surface area contributed by atoms with E-state index in [4.69, 9.17) is 14.6 Å². The Morgan fingerprint density at radius 1 is 1.04 bits per heavy atom. The Bertz CT molecular complexity index is 775. The highest BCUT2D eigenvalue weighted by molar-refractivity contribution is 6.08. The zero-order valence-electron chi connectivity index (χ0n) is 13.6. The zero-order valence-corrected chi connectivity index (χ0v) is 13.6. The Morgan fingerprint density at radius 3 is 2.44 bits per heavy atom. The molecule has 0 saturated carbocycles. The van der Waals surface area contributed by atoms with Gasteiger partial charge in [0.2, 0.25) is 0 Å². The van der Waals surface area contributed by atoms with Crippen molar-refractivity contribution in [2.75, 3.05) is 13.2 Å². The van der Waals surface area contributed by atoms with Crippen LogP contribution in [0.4, 0.5) is 0 Å². The molecule has 2 aromatic rings. The summed E-state index contributed by atoms with van der Waals surface area (Å²) in [6, 6.07) is 13.8. The van der Waals surface area contributed by atoms with Crippen molar-refractivity contribution in [2.24, 2.45) is 0 Å². The average Bonchev–Trinajstić information content (AvgIpc) is 2.63. The average molecular weight is 338 g/mol. The lowest BCUT2D eigenvalue weighted by Gasteiger charge is -2.07. The molecule has 0 aromatic heterocycles. The van der Waals surface area contributed by atoms with Crippen molar-refractivity contribution in [2.45, 2.75) is 0 Å². The van der Waals surface area contributed by atoms with Crippen molar-refractivity contribution in [3.63, 3.8) is 0 Å². The van der Waals surface area contributed by atoms with Crippen LogP contribution in [0.3, 0.4) is 0 Å². The Kier molecular flexibility index (Phi) is 6.54. The van der Waals surface area contributed by atoms with Crippen LogP contribution in [0.15, 0.2) is 67.3 Å². The molecule has 0 aliphatic rings. The van der Waals surface area contributed by atoms with Crippen LogP contribution in [0.2, 0.25) is 0 Å². The number of benzene rings is 2. The minimum absolute atomic E-state index is 0.175. The molecule has 0 amide bonds. The Hall–Kier alpha value is -3.34. The lowest BCUT2D eigenvalue weighted by Crippen LogP contribution is -2.09. The molecule has 0 saturated heterocycles. The van der Waals surface area contributed by atoms with Gasteiger partial charge in [-0.25, -0.2) is 4.79 Å². The molecule has 0 heterocycles. The van der Waals surface area contributed by atoms with E-state index < -0.39 is 12.6 Å². The third-order valence-corrected chi connectivity index (χ3v) is 3.18. The van der Waals surface area contributed by atoms with Gasteiger partial charge >= 0.3 is 5.97 Å². The van der Waals surface area contributed by atoms with E-state index in [-0.39, 0.29) is 5.78 Å². The number of carbonyl (C=O) groups is 2. The molecule has 0 bridgehead atoms. The molecule has 0 radical (unpaired) electrons. The van der Waals surface area contributed by atoms with Gasteiger partial charge in [0.1, 0.15) is 18.1 Å². The highest BCUT2D eigenvalue weighted by Crippen LogP contribution is 2.20. The van der Waals surface area contributed by atoms with Crippen molar-refractivity contribution >= 4 is 17.8 Å². The van der Waals surface area contributed by atoms with Crippen LogP contribution in [-0.4, -0.2) is 30.1 Å². The Labute approximate surface area is 145 Å². The molecule has 5 heteroatoms. The van der Waals surface area contributed by atoms with Gasteiger partial charge in [-0.15, -0.1) is 0 Å². The van der Waals surface area contributed by atoms with E-state index in [1.807, 2.05) is 0 Å². The van der Waals surface area contributed by atoms with E-state index in [0.717, 1.165) is 5.56 Å². The molecule has 2 rings (SSSR count). The number of ketones is 1. The lowest BCUT2D eigenvalue weighted by atomic mass is 10.1. The number of hydrogen-bond acceptors (Lipinski definition) is 4. The van der Waals surface area contributed by atoms with E-state index in [2.05, 4.69) is 6.58 Å². The van der Waals surface area contributed by atoms with Crippen molar-refractivity contribution in [3.05, 3.63) is 78.4 Å². The first-order chi connectivity index (χ1) is 12.1. The van der Waals surface area contributed by atoms with Crippen LogP contribution in [0.1, 0.15) is 15.9 Å². The van der Waals surface area contributed by atoms with E-state index in [9.17, 15) is 9.59 Å². The van der Waals surface area contributed by atoms with Crippen LogP contribution in [0, 0.1) is 0 Å². The van der Waals surface area contributed by atoms with E-state index in [1.54, 1.807) is 60.7 Å². The van der Waals surface area contributed by atoms with Gasteiger partial charge in [0.25, 0.3) is 0 Å². The summed E-state index contributed by atoms with van der Waals surface area (Å²) in [7, 11) is 0. The summed E-state index contributed by atoms with van der Waals surface area (Å²) in [4.78, 5) is 22.8. The van der Waals surface area contributed by atoms with Gasteiger partial charge in [-0.3, -0.25) is 4.79 Å². The number of hydrogen-bond donors (Lipinski definition) is 1. The number of allylic oxidation sites excluding steroid dienone is 1. The van der Waals surface area contributed by atoms with Gasteiger partial charge in [-0.1, -0.05) is 43.0 Å². The third-order valence-electron chi connectivity index (χ3n) is 3.18. The first-order valence-corrected chi connectivity index (χ1v) is 7.60. The van der Waals surface area contributed by atoms with Crippen LogP contribution < -0.4 is 9.47 Å². The first-order valence-electron chi connectivity index (χ1n) is 7.60. The van der Waals surface area contributed by atoms with Crippen LogP contribution in [0.25, 0.3) is 6.08 Å². The maximum atomic E-state index is 12.4. The highest BCUT2D eigenvalue weighted by Gasteiger charge is 2.08. The van der Waals surface area contributed by atoms with Crippen molar-refractivity contribution in [3.8, 4) is 11.5 Å². The van der Waals surface area contributed by atoms with Gasteiger partial charge in [0, 0.05) is 0 Å². The molecule has 0 aliphatic heterocycles. The number of carboxylic acids is 1. The van der Waals surface area contributed by atoms with Gasteiger partial charge < -0.3 is 14.6 Å². The number of rotatable bonds is 9. The molecule has 25 heavy (non-hydrogen) atoms. The van der Waals surface area contributed by atoms with Gasteiger partial charge in [-0.05, 0) is 35.9 Å². The lowest BCUT2D eigenvalue weighted by molar-refractivity contribution is -0.139. The predicted molar refractivity (Wildman–Crippen MR) is 95.1 cm³/mol. The summed E-state index contributed by atoms with van der Waals surface area (Å²) < 4.78 is 10.5. The summed E-state index contributed by atoms with van der Waals surface area (Å²) >= 11 is 0. The Morgan fingerprint density at radius 2 is 1.76 bits per heavy atom. The summed E-state index contributed by atoms with van der Waals surface area (Å²) in [5.41, 5.74) is 1.27. The van der Waals surface area contributed by atoms with Gasteiger partial charge in [0.15, 0.2) is 12.4 Å². The number of ether oxygens (including phenoxy) is 2. The number of aliphatic carboxylic acids is 1. The van der Waals surface area contributed by atoms with E-state index >= 15 is 0 Å². The third kappa shape index (κ3) is 5.66. The second-order valence-corrected chi connectivity index (χ2v) is 5.04. The molecule has 0 aliphatic carbocycles. The normalized spacial score (nSPS) is 10.4. The zero-order chi connectivity index (χ0) is 18.1. The molecule has 128 valence electrons. The van der Waals surface area contributed by atoms with Gasteiger partial charge in [0.05, 0.1) is 5.56 Å². The fourth-order valence-electron chi connectivity index (χ4n) is 2.03. The molecular weight excluding hydrogens is 320 g/mol. The predicted octanol–water partition coefficient (Wildman–Crippen LogP) is 3.61. The van der Waals surface area contributed by atoms with Crippen LogP contribution >= 0.6 is 0 Å². The number of para-hydroxylation sites is 1. The molecule has 2 aromatic carbocycles.